The highest BCUT2D eigenvalue weighted by Crippen LogP contribution is 2.20. The molecule has 0 N–H and O–H groups in total. The lowest BCUT2D eigenvalue weighted by Gasteiger charge is -2.36. The number of anilines is 1. The van der Waals surface area contributed by atoms with E-state index >= 15 is 0 Å². The summed E-state index contributed by atoms with van der Waals surface area (Å²) in [5.74, 6) is 0.994. The maximum absolute atomic E-state index is 12.5. The van der Waals surface area contributed by atoms with E-state index in [0.717, 1.165) is 24.5 Å². The van der Waals surface area contributed by atoms with Crippen molar-refractivity contribution in [2.45, 2.75) is 13.8 Å². The second kappa shape index (κ2) is 10.2. The minimum atomic E-state index is 0.0691. The summed E-state index contributed by atoms with van der Waals surface area (Å²) in [4.78, 5) is 32.5. The summed E-state index contributed by atoms with van der Waals surface area (Å²) in [5.41, 5.74) is 1.14. The normalized spacial score (nSPS) is 14.4. The Kier molecular flexibility index (Phi) is 7.91. The highest BCUT2D eigenvalue weighted by molar-refractivity contribution is 5.81. The predicted molar refractivity (Wildman–Crippen MR) is 107 cm³/mol. The number of benzene rings is 1. The number of likely N-dealkylation sites (N-methyl/N-ethyl adjacent to an activating group) is 2. The second-order valence-corrected chi connectivity index (χ2v) is 6.80. The number of rotatable bonds is 8. The lowest BCUT2D eigenvalue weighted by Crippen LogP contribution is -2.51. The Bertz CT molecular complexity index is 608. The number of hydrogen-bond donors (Lipinski definition) is 0. The van der Waals surface area contributed by atoms with E-state index in [1.165, 1.54) is 0 Å². The number of amides is 2. The van der Waals surface area contributed by atoms with Gasteiger partial charge in [0.1, 0.15) is 5.75 Å². The first kappa shape index (κ1) is 21.0. The van der Waals surface area contributed by atoms with Gasteiger partial charge in [0.25, 0.3) is 0 Å². The molecule has 1 aromatic rings. The molecule has 2 rings (SSSR count). The van der Waals surface area contributed by atoms with E-state index in [1.54, 1.807) is 16.9 Å². The maximum Gasteiger partial charge on any atom is 0.236 e. The molecule has 7 nitrogen and oxygen atoms in total. The van der Waals surface area contributed by atoms with E-state index in [9.17, 15) is 9.59 Å². The quantitative estimate of drug-likeness (QED) is 0.681. The zero-order valence-corrected chi connectivity index (χ0v) is 17.0. The molecule has 0 saturated carbocycles. The van der Waals surface area contributed by atoms with Gasteiger partial charge in [-0.1, -0.05) is 0 Å². The van der Waals surface area contributed by atoms with Crippen LogP contribution in [0.25, 0.3) is 0 Å². The molecule has 0 aliphatic carbocycles. The first-order chi connectivity index (χ1) is 13.0. The van der Waals surface area contributed by atoms with Crippen molar-refractivity contribution in [1.29, 1.82) is 0 Å². The summed E-state index contributed by atoms with van der Waals surface area (Å²) in [5, 5.41) is 0. The fraction of sp³-hybridized carbons (Fsp3) is 0.600. The van der Waals surface area contributed by atoms with Gasteiger partial charge in [0, 0.05) is 45.0 Å². The van der Waals surface area contributed by atoms with Crippen molar-refractivity contribution in [1.82, 2.24) is 14.7 Å². The van der Waals surface area contributed by atoms with Crippen LogP contribution in [-0.4, -0.2) is 93.0 Å². The van der Waals surface area contributed by atoms with Crippen molar-refractivity contribution < 1.29 is 14.3 Å². The molecular weight excluding hydrogens is 344 g/mol. The molecule has 2 amide bonds. The van der Waals surface area contributed by atoms with Gasteiger partial charge in [0.2, 0.25) is 11.8 Å². The Morgan fingerprint density at radius 2 is 1.59 bits per heavy atom. The monoisotopic (exact) mass is 376 g/mol. The van der Waals surface area contributed by atoms with E-state index in [4.69, 9.17) is 4.74 Å². The Morgan fingerprint density at radius 3 is 2.11 bits per heavy atom. The average Bonchev–Trinajstić information content (AvgIpc) is 2.69. The Labute approximate surface area is 162 Å². The third-order valence-electron chi connectivity index (χ3n) is 5.00. The molecule has 0 atom stereocenters. The number of hydrogen-bond acceptors (Lipinski definition) is 5. The van der Waals surface area contributed by atoms with Crippen LogP contribution in [0.1, 0.15) is 13.8 Å². The number of piperazine rings is 1. The zero-order valence-electron chi connectivity index (χ0n) is 17.0. The van der Waals surface area contributed by atoms with Crippen LogP contribution < -0.4 is 9.64 Å². The van der Waals surface area contributed by atoms with Crippen LogP contribution >= 0.6 is 0 Å². The number of carbonyl (C=O) groups is 2. The topological polar surface area (TPSA) is 56.3 Å². The number of carbonyl (C=O) groups excluding carboxylic acids is 2. The largest absolute Gasteiger partial charge is 0.497 e. The minimum Gasteiger partial charge on any atom is -0.497 e. The summed E-state index contributed by atoms with van der Waals surface area (Å²) in [6.07, 6.45) is 0. The molecular formula is C20H32N4O3. The smallest absolute Gasteiger partial charge is 0.236 e. The van der Waals surface area contributed by atoms with E-state index in [2.05, 4.69) is 4.90 Å². The molecule has 1 heterocycles. The van der Waals surface area contributed by atoms with Gasteiger partial charge >= 0.3 is 0 Å². The molecule has 0 spiro atoms. The van der Waals surface area contributed by atoms with Gasteiger partial charge < -0.3 is 19.4 Å². The van der Waals surface area contributed by atoms with Crippen molar-refractivity contribution in [3.8, 4) is 5.75 Å². The van der Waals surface area contributed by atoms with Gasteiger partial charge in [0.05, 0.1) is 20.2 Å². The molecule has 150 valence electrons. The number of nitrogens with zero attached hydrogens (tertiary/aromatic N) is 4. The molecule has 1 fully saturated rings. The number of methoxy groups -OCH3 is 1. The van der Waals surface area contributed by atoms with Gasteiger partial charge in [-0.2, -0.15) is 0 Å². The fourth-order valence-electron chi connectivity index (χ4n) is 3.30. The van der Waals surface area contributed by atoms with Gasteiger partial charge in [0.15, 0.2) is 0 Å². The lowest BCUT2D eigenvalue weighted by molar-refractivity contribution is -0.135. The van der Waals surface area contributed by atoms with Crippen molar-refractivity contribution in [3.63, 3.8) is 0 Å². The van der Waals surface area contributed by atoms with Crippen LogP contribution in [0.3, 0.4) is 0 Å². The van der Waals surface area contributed by atoms with Crippen LogP contribution in [0.5, 0.6) is 5.75 Å². The van der Waals surface area contributed by atoms with E-state index in [1.807, 2.05) is 50.1 Å². The van der Waals surface area contributed by atoms with E-state index in [-0.39, 0.29) is 24.9 Å². The van der Waals surface area contributed by atoms with Gasteiger partial charge in [-0.25, -0.2) is 0 Å². The molecule has 1 aliphatic heterocycles. The summed E-state index contributed by atoms with van der Waals surface area (Å²) >= 11 is 0. The predicted octanol–water partition coefficient (Wildman–Crippen LogP) is 1.14. The van der Waals surface area contributed by atoms with Crippen molar-refractivity contribution in [3.05, 3.63) is 24.3 Å². The molecule has 1 aromatic carbocycles. The molecule has 27 heavy (non-hydrogen) atoms. The summed E-state index contributed by atoms with van der Waals surface area (Å²) in [7, 11) is 3.49. The third-order valence-corrected chi connectivity index (χ3v) is 5.00. The van der Waals surface area contributed by atoms with Crippen LogP contribution in [0.4, 0.5) is 5.69 Å². The SMILES string of the molecule is CCN(CC)C(=O)CN(C)CC(=O)N1CCN(c2ccc(OC)cc2)CC1. The van der Waals surface area contributed by atoms with Gasteiger partial charge in [-0.15, -0.1) is 0 Å². The molecule has 1 aliphatic rings. The van der Waals surface area contributed by atoms with Crippen LogP contribution in [0.2, 0.25) is 0 Å². The average molecular weight is 377 g/mol. The second-order valence-electron chi connectivity index (χ2n) is 6.80. The highest BCUT2D eigenvalue weighted by Gasteiger charge is 2.23. The molecule has 0 unspecified atom stereocenters. The Balaban J connectivity index is 1.79. The Morgan fingerprint density at radius 1 is 1.00 bits per heavy atom. The highest BCUT2D eigenvalue weighted by atomic mass is 16.5. The Hall–Kier alpha value is -2.28. The first-order valence-electron chi connectivity index (χ1n) is 9.61. The number of ether oxygens (including phenoxy) is 1. The van der Waals surface area contributed by atoms with Crippen LogP contribution in [0, 0.1) is 0 Å². The van der Waals surface area contributed by atoms with Gasteiger partial charge in [-0.3, -0.25) is 14.5 Å². The van der Waals surface area contributed by atoms with Crippen molar-refractivity contribution in [2.24, 2.45) is 0 Å². The fourth-order valence-corrected chi connectivity index (χ4v) is 3.30. The molecule has 1 saturated heterocycles. The lowest BCUT2D eigenvalue weighted by atomic mass is 10.2. The summed E-state index contributed by atoms with van der Waals surface area (Å²) in [6, 6.07) is 8.00. The summed E-state index contributed by atoms with van der Waals surface area (Å²) < 4.78 is 5.20. The summed E-state index contributed by atoms with van der Waals surface area (Å²) in [6.45, 7) is 8.89. The van der Waals surface area contributed by atoms with Crippen LogP contribution in [0.15, 0.2) is 24.3 Å². The van der Waals surface area contributed by atoms with E-state index in [0.29, 0.717) is 26.2 Å². The van der Waals surface area contributed by atoms with E-state index < -0.39 is 0 Å². The molecule has 0 bridgehead atoms. The van der Waals surface area contributed by atoms with Crippen LogP contribution in [-0.2, 0) is 9.59 Å². The molecule has 0 radical (unpaired) electrons. The van der Waals surface area contributed by atoms with Crippen molar-refractivity contribution in [2.75, 3.05) is 71.4 Å². The van der Waals surface area contributed by atoms with Crippen molar-refractivity contribution >= 4 is 17.5 Å². The molecule has 7 heteroatoms. The maximum atomic E-state index is 12.5. The third kappa shape index (κ3) is 5.85. The standard InChI is InChI=1S/C20H32N4O3/c1-5-22(6-2)19(25)15-21(3)16-20(26)24-13-11-23(12-14-24)17-7-9-18(27-4)10-8-17/h7-10H,5-6,11-16H2,1-4H3. The minimum absolute atomic E-state index is 0.0691. The molecule has 0 aromatic heterocycles. The van der Waals surface area contributed by atoms with Gasteiger partial charge in [-0.05, 0) is 45.2 Å². The zero-order chi connectivity index (χ0) is 19.8. The first-order valence-corrected chi connectivity index (χ1v) is 9.61.